The molecule has 1 aliphatic rings. The minimum Gasteiger partial charge on any atom is -0.397 e. The maximum atomic E-state index is 11.6. The molecule has 33 heavy (non-hydrogen) atoms. The van der Waals surface area contributed by atoms with Crippen LogP contribution in [-0.2, 0) is 10.0 Å². The highest BCUT2D eigenvalue weighted by Crippen LogP contribution is 2.39. The van der Waals surface area contributed by atoms with E-state index in [1.165, 1.54) is 12.1 Å². The summed E-state index contributed by atoms with van der Waals surface area (Å²) >= 11 is 6.07. The molecule has 0 unspecified atom stereocenters. The molecule has 0 aliphatic carbocycles. The summed E-state index contributed by atoms with van der Waals surface area (Å²) in [4.78, 5) is 15.3. The van der Waals surface area contributed by atoms with Crippen LogP contribution in [0, 0.1) is 0 Å². The van der Waals surface area contributed by atoms with E-state index < -0.39 is 16.1 Å². The number of primary amides is 1. The molecule has 0 atom stereocenters. The number of nitrogens with two attached hydrogens (primary N) is 3. The van der Waals surface area contributed by atoms with Crippen LogP contribution in [0.4, 0.5) is 16.2 Å². The molecule has 1 aliphatic heterocycles. The maximum Gasteiger partial charge on any atom is 0.314 e. The van der Waals surface area contributed by atoms with E-state index in [1.807, 2.05) is 36.4 Å². The van der Waals surface area contributed by atoms with Gasteiger partial charge >= 0.3 is 6.03 Å². The maximum absolute atomic E-state index is 11.6. The predicted molar refractivity (Wildman–Crippen MR) is 131 cm³/mol. The molecule has 0 saturated carbocycles. The largest absolute Gasteiger partial charge is 0.397 e. The highest BCUT2D eigenvalue weighted by molar-refractivity contribution is 7.89. The average molecular weight is 486 g/mol. The van der Waals surface area contributed by atoms with Crippen molar-refractivity contribution in [2.75, 3.05) is 36.8 Å². The molecular formula is C23H24ClN5O3S. The number of nitrogens with zero attached hydrogens (tertiary/aromatic N) is 2. The molecule has 3 aromatic rings. The van der Waals surface area contributed by atoms with Crippen LogP contribution >= 0.6 is 11.6 Å². The topological polar surface area (TPSA) is 136 Å². The van der Waals surface area contributed by atoms with Crippen molar-refractivity contribution < 1.29 is 13.2 Å². The number of amides is 2. The zero-order valence-corrected chi connectivity index (χ0v) is 19.3. The molecule has 172 valence electrons. The fourth-order valence-electron chi connectivity index (χ4n) is 3.94. The number of anilines is 2. The van der Waals surface area contributed by atoms with Gasteiger partial charge in [0, 0.05) is 36.8 Å². The Morgan fingerprint density at radius 2 is 1.42 bits per heavy atom. The molecule has 1 fully saturated rings. The van der Waals surface area contributed by atoms with Crippen LogP contribution in [0.3, 0.4) is 0 Å². The lowest BCUT2D eigenvalue weighted by molar-refractivity contribution is 0.204. The summed E-state index contributed by atoms with van der Waals surface area (Å²) < 4.78 is 23.3. The summed E-state index contributed by atoms with van der Waals surface area (Å²) in [7, 11) is -3.80. The molecule has 1 saturated heterocycles. The first kappa shape index (κ1) is 22.9. The van der Waals surface area contributed by atoms with Crippen molar-refractivity contribution in [2.45, 2.75) is 4.90 Å². The standard InChI is InChI=1S/C23H24ClN5O3S/c24-18-5-1-15(2-6-18)17-13-20(16-3-7-19(8-4-16)33(27,31)32)22(25)21(14-17)28-9-11-29(12-10-28)23(26)30/h1-8,13-14H,9-12,25H2,(H2,26,30)(H2,27,31,32). The van der Waals surface area contributed by atoms with E-state index in [-0.39, 0.29) is 4.90 Å². The number of rotatable bonds is 4. The van der Waals surface area contributed by atoms with Crippen LogP contribution < -0.4 is 21.5 Å². The van der Waals surface area contributed by atoms with Crippen LogP contribution in [0.1, 0.15) is 0 Å². The number of urea groups is 1. The van der Waals surface area contributed by atoms with E-state index in [0.29, 0.717) is 36.9 Å². The number of carbonyl (C=O) groups is 1. The predicted octanol–water partition coefficient (Wildman–Crippen LogP) is 3.10. The van der Waals surface area contributed by atoms with Gasteiger partial charge in [-0.05, 0) is 53.1 Å². The highest BCUT2D eigenvalue weighted by atomic mass is 35.5. The molecular weight excluding hydrogens is 462 g/mol. The van der Waals surface area contributed by atoms with Gasteiger partial charge in [-0.2, -0.15) is 0 Å². The molecule has 2 amide bonds. The Bertz CT molecular complexity index is 1290. The van der Waals surface area contributed by atoms with Crippen LogP contribution in [0.2, 0.25) is 5.02 Å². The van der Waals surface area contributed by atoms with Crippen molar-refractivity contribution in [3.05, 3.63) is 65.7 Å². The number of sulfonamides is 1. The van der Waals surface area contributed by atoms with E-state index >= 15 is 0 Å². The summed E-state index contributed by atoms with van der Waals surface area (Å²) in [6.07, 6.45) is 0. The Balaban J connectivity index is 1.80. The summed E-state index contributed by atoms with van der Waals surface area (Å²) in [6, 6.07) is 17.3. The van der Waals surface area contributed by atoms with Crippen LogP contribution in [0.5, 0.6) is 0 Å². The zero-order chi connectivity index (χ0) is 23.8. The lowest BCUT2D eigenvalue weighted by Crippen LogP contribution is -2.50. The Hall–Kier alpha value is -3.27. The zero-order valence-electron chi connectivity index (χ0n) is 17.7. The molecule has 10 heteroatoms. The number of hydrogen-bond donors (Lipinski definition) is 3. The third-order valence-electron chi connectivity index (χ3n) is 5.76. The molecule has 0 bridgehead atoms. The number of benzene rings is 3. The Morgan fingerprint density at radius 1 is 0.848 bits per heavy atom. The number of primary sulfonamides is 1. The van der Waals surface area contributed by atoms with E-state index in [2.05, 4.69) is 4.90 Å². The second-order valence-electron chi connectivity index (χ2n) is 7.85. The van der Waals surface area contributed by atoms with Crippen molar-refractivity contribution in [2.24, 2.45) is 10.9 Å². The first-order chi connectivity index (χ1) is 15.6. The number of halogens is 1. The molecule has 0 radical (unpaired) electrons. The van der Waals surface area contributed by atoms with Gasteiger partial charge < -0.3 is 21.3 Å². The quantitative estimate of drug-likeness (QED) is 0.488. The Morgan fingerprint density at radius 3 is 1.97 bits per heavy atom. The molecule has 8 nitrogen and oxygen atoms in total. The summed E-state index contributed by atoms with van der Waals surface area (Å²) in [5.74, 6) is 0. The SMILES string of the molecule is NC(=O)N1CCN(c2cc(-c3ccc(Cl)cc3)cc(-c3ccc(S(N)(=O)=O)cc3)c2N)CC1. The van der Waals surface area contributed by atoms with E-state index in [0.717, 1.165) is 27.9 Å². The lowest BCUT2D eigenvalue weighted by Gasteiger charge is -2.36. The third-order valence-corrected chi connectivity index (χ3v) is 6.94. The van der Waals surface area contributed by atoms with Gasteiger partial charge in [-0.1, -0.05) is 35.9 Å². The van der Waals surface area contributed by atoms with E-state index in [9.17, 15) is 13.2 Å². The van der Waals surface area contributed by atoms with Crippen molar-refractivity contribution in [3.63, 3.8) is 0 Å². The lowest BCUT2D eigenvalue weighted by atomic mass is 9.95. The first-order valence-electron chi connectivity index (χ1n) is 10.3. The summed E-state index contributed by atoms with van der Waals surface area (Å²) in [5.41, 5.74) is 16.8. The van der Waals surface area contributed by atoms with Gasteiger partial charge in [0.05, 0.1) is 16.3 Å². The van der Waals surface area contributed by atoms with Gasteiger partial charge in [-0.25, -0.2) is 18.4 Å². The second kappa shape index (κ2) is 8.93. The van der Waals surface area contributed by atoms with Gasteiger partial charge in [-0.3, -0.25) is 0 Å². The fraction of sp³-hybridized carbons (Fsp3) is 0.174. The number of piperazine rings is 1. The number of nitrogen functional groups attached to an aromatic ring is 1. The van der Waals surface area contributed by atoms with Gasteiger partial charge in [0.15, 0.2) is 0 Å². The highest BCUT2D eigenvalue weighted by Gasteiger charge is 2.23. The van der Waals surface area contributed by atoms with Gasteiger partial charge in [0.25, 0.3) is 0 Å². The summed E-state index contributed by atoms with van der Waals surface area (Å²) in [5, 5.41) is 5.87. The van der Waals surface area contributed by atoms with Gasteiger partial charge in [-0.15, -0.1) is 0 Å². The molecule has 6 N–H and O–H groups in total. The third kappa shape index (κ3) is 4.90. The molecule has 4 rings (SSSR count). The minimum absolute atomic E-state index is 0.0291. The average Bonchev–Trinajstić information content (AvgIpc) is 2.79. The molecule has 0 spiro atoms. The Kier molecular flexibility index (Phi) is 6.20. The molecule has 3 aromatic carbocycles. The van der Waals surface area contributed by atoms with Crippen molar-refractivity contribution >= 4 is 39.0 Å². The van der Waals surface area contributed by atoms with Crippen LogP contribution in [0.15, 0.2) is 65.6 Å². The second-order valence-corrected chi connectivity index (χ2v) is 9.84. The van der Waals surface area contributed by atoms with E-state index in [1.54, 1.807) is 17.0 Å². The first-order valence-corrected chi connectivity index (χ1v) is 12.2. The van der Waals surface area contributed by atoms with Gasteiger partial charge in [0.2, 0.25) is 10.0 Å². The number of carbonyl (C=O) groups excluding carboxylic acids is 1. The molecule has 1 heterocycles. The van der Waals surface area contributed by atoms with Crippen molar-refractivity contribution in [1.82, 2.24) is 4.90 Å². The smallest absolute Gasteiger partial charge is 0.314 e. The van der Waals surface area contributed by atoms with Crippen molar-refractivity contribution in [1.29, 1.82) is 0 Å². The normalized spacial score (nSPS) is 14.4. The van der Waals surface area contributed by atoms with Crippen LogP contribution in [0.25, 0.3) is 22.3 Å². The van der Waals surface area contributed by atoms with Crippen molar-refractivity contribution in [3.8, 4) is 22.3 Å². The van der Waals surface area contributed by atoms with E-state index in [4.69, 9.17) is 28.2 Å². The monoisotopic (exact) mass is 485 g/mol. The van der Waals surface area contributed by atoms with Crippen LogP contribution in [-0.4, -0.2) is 45.5 Å². The van der Waals surface area contributed by atoms with Gasteiger partial charge in [0.1, 0.15) is 0 Å². The number of hydrogen-bond acceptors (Lipinski definition) is 5. The molecule has 0 aromatic heterocycles. The summed E-state index contributed by atoms with van der Waals surface area (Å²) in [6.45, 7) is 2.17. The fourth-order valence-corrected chi connectivity index (χ4v) is 4.58. The minimum atomic E-state index is -3.80. The Labute approximate surface area is 197 Å².